The van der Waals surface area contributed by atoms with Crippen LogP contribution in [-0.2, 0) is 13.7 Å². The van der Waals surface area contributed by atoms with Crippen molar-refractivity contribution in [2.75, 3.05) is 0 Å². The van der Waals surface area contributed by atoms with E-state index in [-0.39, 0.29) is 0 Å². The van der Waals surface area contributed by atoms with Crippen molar-refractivity contribution in [1.29, 1.82) is 0 Å². The zero-order valence-corrected chi connectivity index (χ0v) is 12.3. The van der Waals surface area contributed by atoms with E-state index >= 15 is 0 Å². The monoisotopic (exact) mass is 295 g/mol. The SMILES string of the molecule is Cc1nn(C)c(Cl)c1COc1ccc(C(N)=S)cc1. The normalized spacial score (nSPS) is 10.5. The molecular weight excluding hydrogens is 282 g/mol. The molecule has 2 rings (SSSR count). The third-order valence-electron chi connectivity index (χ3n) is 2.79. The fourth-order valence-electron chi connectivity index (χ4n) is 1.71. The van der Waals surface area contributed by atoms with E-state index in [2.05, 4.69) is 5.10 Å². The van der Waals surface area contributed by atoms with Crippen LogP contribution in [0.5, 0.6) is 5.75 Å². The number of nitrogens with zero attached hydrogens (tertiary/aromatic N) is 2. The Morgan fingerprint density at radius 3 is 2.53 bits per heavy atom. The van der Waals surface area contributed by atoms with Crippen molar-refractivity contribution in [2.45, 2.75) is 13.5 Å². The standard InChI is InChI=1S/C13H14ClN3OS/c1-8-11(12(14)17(2)16-8)7-18-10-5-3-9(4-6-10)13(15)19/h3-6H,7H2,1-2H3,(H2,15,19). The highest BCUT2D eigenvalue weighted by atomic mass is 35.5. The first kappa shape index (κ1) is 13.8. The summed E-state index contributed by atoms with van der Waals surface area (Å²) in [6.45, 7) is 2.28. The van der Waals surface area contributed by atoms with E-state index in [1.54, 1.807) is 11.7 Å². The predicted molar refractivity (Wildman–Crippen MR) is 79.6 cm³/mol. The Bertz CT molecular complexity index is 607. The number of benzene rings is 1. The molecule has 0 saturated heterocycles. The third kappa shape index (κ3) is 3.05. The second-order valence-corrected chi connectivity index (χ2v) is 4.95. The Morgan fingerprint density at radius 1 is 1.42 bits per heavy atom. The largest absolute Gasteiger partial charge is 0.489 e. The van der Waals surface area contributed by atoms with Crippen molar-refractivity contribution < 1.29 is 4.74 Å². The highest BCUT2D eigenvalue weighted by Crippen LogP contribution is 2.21. The lowest BCUT2D eigenvalue weighted by atomic mass is 10.2. The molecule has 0 amide bonds. The molecule has 0 aliphatic heterocycles. The van der Waals surface area contributed by atoms with E-state index in [4.69, 9.17) is 34.3 Å². The topological polar surface area (TPSA) is 53.1 Å². The summed E-state index contributed by atoms with van der Waals surface area (Å²) < 4.78 is 7.31. The van der Waals surface area contributed by atoms with Crippen molar-refractivity contribution >= 4 is 28.8 Å². The van der Waals surface area contributed by atoms with Crippen molar-refractivity contribution in [2.24, 2.45) is 12.8 Å². The molecule has 0 radical (unpaired) electrons. The molecule has 1 aromatic heterocycles. The molecule has 0 spiro atoms. The van der Waals surface area contributed by atoms with E-state index in [9.17, 15) is 0 Å². The molecule has 2 aromatic rings. The Hall–Kier alpha value is -1.59. The van der Waals surface area contributed by atoms with E-state index in [0.29, 0.717) is 16.7 Å². The van der Waals surface area contributed by atoms with Crippen LogP contribution >= 0.6 is 23.8 Å². The number of ether oxygens (including phenoxy) is 1. The van der Waals surface area contributed by atoms with Crippen LogP contribution in [0.4, 0.5) is 0 Å². The van der Waals surface area contributed by atoms with Crippen LogP contribution in [0.3, 0.4) is 0 Å². The average Bonchev–Trinajstić information content (AvgIpc) is 2.62. The summed E-state index contributed by atoms with van der Waals surface area (Å²) in [6, 6.07) is 7.31. The van der Waals surface area contributed by atoms with Gasteiger partial charge in [-0.1, -0.05) is 23.8 Å². The van der Waals surface area contributed by atoms with Crippen LogP contribution in [0.2, 0.25) is 5.15 Å². The molecule has 4 nitrogen and oxygen atoms in total. The highest BCUT2D eigenvalue weighted by Gasteiger charge is 2.11. The lowest BCUT2D eigenvalue weighted by Crippen LogP contribution is -2.08. The van der Waals surface area contributed by atoms with Gasteiger partial charge in [-0.05, 0) is 31.2 Å². The number of nitrogens with two attached hydrogens (primary N) is 1. The molecule has 0 aliphatic rings. The molecule has 0 atom stereocenters. The van der Waals surface area contributed by atoms with Gasteiger partial charge in [0.1, 0.15) is 22.5 Å². The van der Waals surface area contributed by atoms with Crippen molar-refractivity contribution in [1.82, 2.24) is 9.78 Å². The maximum Gasteiger partial charge on any atom is 0.133 e. The minimum absolute atomic E-state index is 0.373. The van der Waals surface area contributed by atoms with Crippen LogP contribution < -0.4 is 10.5 Å². The molecule has 1 heterocycles. The molecule has 0 bridgehead atoms. The molecule has 2 N–H and O–H groups in total. The van der Waals surface area contributed by atoms with Gasteiger partial charge in [-0.3, -0.25) is 4.68 Å². The zero-order chi connectivity index (χ0) is 14.0. The molecule has 0 fully saturated rings. The number of hydrogen-bond donors (Lipinski definition) is 1. The third-order valence-corrected chi connectivity index (χ3v) is 3.50. The second kappa shape index (κ2) is 5.59. The fourth-order valence-corrected chi connectivity index (χ4v) is 2.07. The van der Waals surface area contributed by atoms with Crippen LogP contribution in [0.25, 0.3) is 0 Å². The fraction of sp³-hybridized carbons (Fsp3) is 0.231. The van der Waals surface area contributed by atoms with E-state index in [1.807, 2.05) is 31.2 Å². The Balaban J connectivity index is 2.08. The van der Waals surface area contributed by atoms with E-state index in [0.717, 1.165) is 22.6 Å². The van der Waals surface area contributed by atoms with Gasteiger partial charge in [0, 0.05) is 18.2 Å². The minimum Gasteiger partial charge on any atom is -0.489 e. The molecule has 0 saturated carbocycles. The van der Waals surface area contributed by atoms with Crippen LogP contribution in [0.15, 0.2) is 24.3 Å². The van der Waals surface area contributed by atoms with Gasteiger partial charge in [-0.25, -0.2) is 0 Å². The molecule has 19 heavy (non-hydrogen) atoms. The first-order chi connectivity index (χ1) is 8.99. The molecule has 6 heteroatoms. The number of hydrogen-bond acceptors (Lipinski definition) is 3. The first-order valence-electron chi connectivity index (χ1n) is 5.69. The van der Waals surface area contributed by atoms with Gasteiger partial charge < -0.3 is 10.5 Å². The number of thiocarbonyl (C=S) groups is 1. The molecular formula is C13H14ClN3OS. The Morgan fingerprint density at radius 2 is 2.05 bits per heavy atom. The zero-order valence-electron chi connectivity index (χ0n) is 10.7. The summed E-state index contributed by atoms with van der Waals surface area (Å²) in [5.41, 5.74) is 8.11. The quantitative estimate of drug-likeness (QED) is 0.881. The van der Waals surface area contributed by atoms with Gasteiger partial charge in [-0.15, -0.1) is 0 Å². The molecule has 0 unspecified atom stereocenters. The van der Waals surface area contributed by atoms with Crippen molar-refractivity contribution in [3.8, 4) is 5.75 Å². The number of aromatic nitrogens is 2. The van der Waals surface area contributed by atoms with Gasteiger partial charge in [0.25, 0.3) is 0 Å². The van der Waals surface area contributed by atoms with Crippen LogP contribution in [-0.4, -0.2) is 14.8 Å². The summed E-state index contributed by atoms with van der Waals surface area (Å²) in [5.74, 6) is 0.735. The van der Waals surface area contributed by atoms with E-state index < -0.39 is 0 Å². The van der Waals surface area contributed by atoms with Gasteiger partial charge in [0.2, 0.25) is 0 Å². The second-order valence-electron chi connectivity index (χ2n) is 4.16. The minimum atomic E-state index is 0.373. The molecule has 0 aliphatic carbocycles. The predicted octanol–water partition coefficient (Wildman–Crippen LogP) is 2.60. The molecule has 1 aromatic carbocycles. The lowest BCUT2D eigenvalue weighted by molar-refractivity contribution is 0.305. The number of rotatable bonds is 4. The van der Waals surface area contributed by atoms with Gasteiger partial charge in [0.15, 0.2) is 0 Å². The smallest absolute Gasteiger partial charge is 0.133 e. The van der Waals surface area contributed by atoms with E-state index in [1.165, 1.54) is 0 Å². The van der Waals surface area contributed by atoms with Crippen LogP contribution in [0, 0.1) is 6.92 Å². The van der Waals surface area contributed by atoms with Crippen molar-refractivity contribution in [3.63, 3.8) is 0 Å². The van der Waals surface area contributed by atoms with Crippen LogP contribution in [0.1, 0.15) is 16.8 Å². The summed E-state index contributed by atoms with van der Waals surface area (Å²) in [5, 5.41) is 4.83. The molecule has 100 valence electrons. The Kier molecular flexibility index (Phi) is 4.07. The highest BCUT2D eigenvalue weighted by molar-refractivity contribution is 7.80. The maximum absolute atomic E-state index is 6.13. The summed E-state index contributed by atoms with van der Waals surface area (Å²) in [6.07, 6.45) is 0. The number of halogens is 1. The van der Waals surface area contributed by atoms with Gasteiger partial charge in [0.05, 0.1) is 5.69 Å². The van der Waals surface area contributed by atoms with Crippen molar-refractivity contribution in [3.05, 3.63) is 46.2 Å². The number of aryl methyl sites for hydroxylation is 2. The first-order valence-corrected chi connectivity index (χ1v) is 6.48. The lowest BCUT2D eigenvalue weighted by Gasteiger charge is -2.07. The van der Waals surface area contributed by atoms with Gasteiger partial charge in [-0.2, -0.15) is 5.10 Å². The maximum atomic E-state index is 6.13. The Labute approximate surface area is 122 Å². The average molecular weight is 296 g/mol. The summed E-state index contributed by atoms with van der Waals surface area (Å²) in [7, 11) is 1.80. The summed E-state index contributed by atoms with van der Waals surface area (Å²) >= 11 is 11.0. The van der Waals surface area contributed by atoms with Gasteiger partial charge >= 0.3 is 0 Å². The summed E-state index contributed by atoms with van der Waals surface area (Å²) in [4.78, 5) is 0.373.